The Kier molecular flexibility index (Phi) is 6.22. The van der Waals surface area contributed by atoms with Gasteiger partial charge < -0.3 is 15.2 Å². The number of aliphatic carboxylic acids is 1. The van der Waals surface area contributed by atoms with Gasteiger partial charge in [0.05, 0.1) is 13.0 Å². The molecule has 0 fully saturated rings. The Morgan fingerprint density at radius 1 is 1.39 bits per heavy atom. The van der Waals surface area contributed by atoms with Crippen LogP contribution in [0.2, 0.25) is 0 Å². The number of para-hydroxylation sites is 1. The number of hydrogen-bond acceptors (Lipinski definition) is 3. The van der Waals surface area contributed by atoms with Crippen LogP contribution in [0.3, 0.4) is 0 Å². The van der Waals surface area contributed by atoms with Gasteiger partial charge in [-0.15, -0.1) is 0 Å². The lowest BCUT2D eigenvalue weighted by atomic mass is 10.1. The van der Waals surface area contributed by atoms with Crippen molar-refractivity contribution >= 4 is 5.97 Å². The number of hydrogen-bond donors (Lipinski definition) is 2. The summed E-state index contributed by atoms with van der Waals surface area (Å²) in [6, 6.07) is 7.76. The zero-order chi connectivity index (χ0) is 13.4. The van der Waals surface area contributed by atoms with Crippen molar-refractivity contribution in [1.82, 2.24) is 5.32 Å². The number of carboxylic acid groups (broad SMARTS) is 1. The summed E-state index contributed by atoms with van der Waals surface area (Å²) < 4.78 is 5.62. The molecule has 0 spiro atoms. The van der Waals surface area contributed by atoms with Gasteiger partial charge in [-0.3, -0.25) is 4.79 Å². The predicted molar refractivity (Wildman–Crippen MR) is 71.0 cm³/mol. The van der Waals surface area contributed by atoms with Gasteiger partial charge in [0.1, 0.15) is 5.75 Å². The molecule has 0 amide bonds. The van der Waals surface area contributed by atoms with E-state index < -0.39 is 5.97 Å². The summed E-state index contributed by atoms with van der Waals surface area (Å²) in [6.45, 7) is 5.70. The lowest BCUT2D eigenvalue weighted by Crippen LogP contribution is -2.24. The van der Waals surface area contributed by atoms with Crippen molar-refractivity contribution in [1.29, 1.82) is 0 Å². The van der Waals surface area contributed by atoms with Gasteiger partial charge in [0, 0.05) is 11.6 Å². The number of carboxylic acids is 1. The molecule has 0 radical (unpaired) electrons. The average molecular weight is 251 g/mol. The summed E-state index contributed by atoms with van der Waals surface area (Å²) in [5, 5.41) is 12.1. The molecular weight excluding hydrogens is 230 g/mol. The largest absolute Gasteiger partial charge is 0.493 e. The quantitative estimate of drug-likeness (QED) is 0.694. The van der Waals surface area contributed by atoms with Crippen LogP contribution in [0.5, 0.6) is 5.75 Å². The molecule has 0 atom stereocenters. The molecule has 0 saturated heterocycles. The van der Waals surface area contributed by atoms with Gasteiger partial charge in [0.15, 0.2) is 0 Å². The molecule has 100 valence electrons. The topological polar surface area (TPSA) is 58.6 Å². The Hall–Kier alpha value is -1.55. The van der Waals surface area contributed by atoms with Crippen molar-refractivity contribution in [3.63, 3.8) is 0 Å². The van der Waals surface area contributed by atoms with Crippen molar-refractivity contribution in [2.24, 2.45) is 0 Å². The van der Waals surface area contributed by atoms with Crippen molar-refractivity contribution < 1.29 is 14.6 Å². The third-order valence-electron chi connectivity index (χ3n) is 2.45. The monoisotopic (exact) mass is 251 g/mol. The molecule has 1 aromatic rings. The second kappa shape index (κ2) is 7.71. The molecule has 0 aromatic heterocycles. The smallest absolute Gasteiger partial charge is 0.307 e. The highest BCUT2D eigenvalue weighted by Gasteiger charge is 2.06. The maximum atomic E-state index is 10.7. The first-order chi connectivity index (χ1) is 8.59. The molecule has 4 nitrogen and oxygen atoms in total. The minimum Gasteiger partial charge on any atom is -0.493 e. The van der Waals surface area contributed by atoms with E-state index in [1.807, 2.05) is 18.2 Å². The first kappa shape index (κ1) is 14.5. The van der Waals surface area contributed by atoms with Crippen molar-refractivity contribution in [2.75, 3.05) is 13.2 Å². The van der Waals surface area contributed by atoms with Gasteiger partial charge in [-0.25, -0.2) is 0 Å². The van der Waals surface area contributed by atoms with E-state index in [0.29, 0.717) is 18.4 Å². The van der Waals surface area contributed by atoms with Gasteiger partial charge in [-0.2, -0.15) is 0 Å². The number of ether oxygens (including phenoxy) is 1. The molecule has 0 unspecified atom stereocenters. The van der Waals surface area contributed by atoms with Gasteiger partial charge in [-0.1, -0.05) is 32.0 Å². The molecule has 2 N–H and O–H groups in total. The first-order valence-electron chi connectivity index (χ1n) is 6.25. The molecule has 18 heavy (non-hydrogen) atoms. The van der Waals surface area contributed by atoms with E-state index in [1.54, 1.807) is 6.07 Å². The molecule has 1 aromatic carbocycles. The first-order valence-corrected chi connectivity index (χ1v) is 6.25. The van der Waals surface area contributed by atoms with Crippen LogP contribution in [0, 0.1) is 0 Å². The van der Waals surface area contributed by atoms with Crippen molar-refractivity contribution in [3.8, 4) is 5.75 Å². The molecule has 4 heteroatoms. The van der Waals surface area contributed by atoms with Crippen LogP contribution in [0.4, 0.5) is 0 Å². The second-order valence-electron chi connectivity index (χ2n) is 4.49. The van der Waals surface area contributed by atoms with Crippen molar-refractivity contribution in [3.05, 3.63) is 29.8 Å². The highest BCUT2D eigenvalue weighted by Crippen LogP contribution is 2.18. The Morgan fingerprint density at radius 3 is 2.78 bits per heavy atom. The maximum Gasteiger partial charge on any atom is 0.307 e. The van der Waals surface area contributed by atoms with E-state index in [9.17, 15) is 4.79 Å². The zero-order valence-electron chi connectivity index (χ0n) is 11.0. The summed E-state index contributed by atoms with van der Waals surface area (Å²) >= 11 is 0. The number of rotatable bonds is 8. The summed E-state index contributed by atoms with van der Waals surface area (Å²) in [5.41, 5.74) is 0.724. The SMILES string of the molecule is CC(C)NCCCOc1ccccc1CC(=O)O. The van der Waals surface area contributed by atoms with Gasteiger partial charge in [-0.05, 0) is 19.0 Å². The normalized spacial score (nSPS) is 10.6. The van der Waals surface area contributed by atoms with Crippen LogP contribution in [0.1, 0.15) is 25.8 Å². The van der Waals surface area contributed by atoms with E-state index in [0.717, 1.165) is 18.5 Å². The van der Waals surface area contributed by atoms with Crippen molar-refractivity contribution in [2.45, 2.75) is 32.7 Å². The standard InChI is InChI=1S/C14H21NO3/c1-11(2)15-8-5-9-18-13-7-4-3-6-12(13)10-14(16)17/h3-4,6-7,11,15H,5,8-10H2,1-2H3,(H,16,17). The van der Waals surface area contributed by atoms with Gasteiger partial charge in [0.25, 0.3) is 0 Å². The molecule has 0 aliphatic heterocycles. The van der Waals surface area contributed by atoms with Crippen LogP contribution >= 0.6 is 0 Å². The fraction of sp³-hybridized carbons (Fsp3) is 0.500. The van der Waals surface area contributed by atoms with E-state index in [4.69, 9.17) is 9.84 Å². The third-order valence-corrected chi connectivity index (χ3v) is 2.45. The second-order valence-corrected chi connectivity index (χ2v) is 4.49. The van der Waals surface area contributed by atoms with E-state index in [2.05, 4.69) is 19.2 Å². The molecule has 1 rings (SSSR count). The van der Waals surface area contributed by atoms with E-state index in [1.165, 1.54) is 0 Å². The minimum absolute atomic E-state index is 0.000414. The average Bonchev–Trinajstić information content (AvgIpc) is 2.29. The summed E-state index contributed by atoms with van der Waals surface area (Å²) in [5.74, 6) is -0.169. The molecule has 0 aliphatic rings. The van der Waals surface area contributed by atoms with Gasteiger partial charge >= 0.3 is 5.97 Å². The fourth-order valence-corrected chi connectivity index (χ4v) is 1.60. The van der Waals surface area contributed by atoms with E-state index >= 15 is 0 Å². The van der Waals surface area contributed by atoms with Crippen LogP contribution in [-0.2, 0) is 11.2 Å². The Labute approximate surface area is 108 Å². The van der Waals surface area contributed by atoms with Gasteiger partial charge in [0.2, 0.25) is 0 Å². The predicted octanol–water partition coefficient (Wildman–Crippen LogP) is 2.08. The Morgan fingerprint density at radius 2 is 2.11 bits per heavy atom. The lowest BCUT2D eigenvalue weighted by molar-refractivity contribution is -0.136. The number of benzene rings is 1. The number of carbonyl (C=O) groups is 1. The molecule has 0 heterocycles. The summed E-state index contributed by atoms with van der Waals surface area (Å²) in [4.78, 5) is 10.7. The minimum atomic E-state index is -0.840. The molecular formula is C14H21NO3. The lowest BCUT2D eigenvalue weighted by Gasteiger charge is -2.11. The number of nitrogens with one attached hydrogen (secondary N) is 1. The van der Waals surface area contributed by atoms with Crippen LogP contribution in [0.25, 0.3) is 0 Å². The zero-order valence-corrected chi connectivity index (χ0v) is 11.0. The highest BCUT2D eigenvalue weighted by molar-refractivity contribution is 5.71. The maximum absolute atomic E-state index is 10.7. The van der Waals surface area contributed by atoms with Crippen LogP contribution in [-0.4, -0.2) is 30.3 Å². The van der Waals surface area contributed by atoms with Crippen LogP contribution < -0.4 is 10.1 Å². The van der Waals surface area contributed by atoms with Crippen LogP contribution in [0.15, 0.2) is 24.3 Å². The van der Waals surface area contributed by atoms with E-state index in [-0.39, 0.29) is 6.42 Å². The summed E-state index contributed by atoms with van der Waals surface area (Å²) in [6.07, 6.45) is 0.903. The summed E-state index contributed by atoms with van der Waals surface area (Å²) in [7, 11) is 0. The highest BCUT2D eigenvalue weighted by atomic mass is 16.5. The molecule has 0 saturated carbocycles. The Balaban J connectivity index is 2.39. The molecule has 0 bridgehead atoms. The fourth-order valence-electron chi connectivity index (χ4n) is 1.60. The Bertz CT molecular complexity index is 377. The third kappa shape index (κ3) is 5.68. The molecule has 0 aliphatic carbocycles.